The zero-order valence-electron chi connectivity index (χ0n) is 24.6. The Bertz CT molecular complexity index is 1180. The van der Waals surface area contributed by atoms with Crippen LogP contribution in [0.25, 0.3) is 6.08 Å². The lowest BCUT2D eigenvalue weighted by molar-refractivity contribution is -0.129. The van der Waals surface area contributed by atoms with Crippen LogP contribution in [0.2, 0.25) is 0 Å². The van der Waals surface area contributed by atoms with E-state index in [1.807, 2.05) is 55.5 Å². The highest BCUT2D eigenvalue weighted by molar-refractivity contribution is 6.14. The number of aliphatic hydroxyl groups is 1. The van der Waals surface area contributed by atoms with E-state index < -0.39 is 23.5 Å². The maximum atomic E-state index is 13.5. The molecule has 216 valence electrons. The molecule has 0 bridgehead atoms. The molecule has 1 N–H and O–H groups in total. The third-order valence-corrected chi connectivity index (χ3v) is 7.10. The van der Waals surface area contributed by atoms with Gasteiger partial charge in [-0.2, -0.15) is 0 Å². The second-order valence-corrected chi connectivity index (χ2v) is 10.3. The molecule has 1 amide bonds. The van der Waals surface area contributed by atoms with Crippen molar-refractivity contribution in [3.05, 3.63) is 77.1 Å². The van der Waals surface area contributed by atoms with E-state index in [-0.39, 0.29) is 5.57 Å². The first kappa shape index (κ1) is 31.0. The molecule has 40 heavy (non-hydrogen) atoms. The fraction of sp³-hybridized carbons (Fsp3) is 0.455. The lowest BCUT2D eigenvalue weighted by atomic mass is 9.95. The number of allylic oxidation sites excluding steroid dienone is 1. The Balaban J connectivity index is 1.97. The number of hydrogen-bond acceptors (Lipinski definition) is 6. The summed E-state index contributed by atoms with van der Waals surface area (Å²) in [5.74, 6) is 0.254. The van der Waals surface area contributed by atoms with E-state index in [1.54, 1.807) is 11.0 Å². The number of nitrogens with zero attached hydrogens (tertiary/aromatic N) is 2. The summed E-state index contributed by atoms with van der Waals surface area (Å²) in [6, 6.07) is 14.2. The molecule has 2 aromatic carbocycles. The number of ketones is 1. The van der Waals surface area contributed by atoms with Crippen LogP contribution < -0.4 is 9.47 Å². The SMILES string of the molecule is CCOc1cc(C2C(C(=O)/C=C/c3ccccc3)=C(O)C(=O)N2CCCN(CC)CC)ccc1OCCC(C)C. The second kappa shape index (κ2) is 15.3. The van der Waals surface area contributed by atoms with Gasteiger partial charge in [0.25, 0.3) is 5.91 Å². The van der Waals surface area contributed by atoms with Crippen molar-refractivity contribution in [3.8, 4) is 11.5 Å². The van der Waals surface area contributed by atoms with Crippen LogP contribution in [0.1, 0.15) is 64.6 Å². The van der Waals surface area contributed by atoms with E-state index in [2.05, 4.69) is 32.6 Å². The van der Waals surface area contributed by atoms with Crippen molar-refractivity contribution in [1.82, 2.24) is 9.80 Å². The molecule has 0 aromatic heterocycles. The standard InChI is InChI=1S/C33H44N2O5/c1-6-34(7-2)20-12-21-35-31(26-16-18-28(29(23-26)39-8-3)40-22-19-24(4)5)30(32(37)33(35)38)27(36)17-15-25-13-10-9-11-14-25/h9-11,13-18,23-24,31,37H,6-8,12,19-22H2,1-5H3/b17-15+. The van der Waals surface area contributed by atoms with Gasteiger partial charge in [-0.3, -0.25) is 9.59 Å². The van der Waals surface area contributed by atoms with Crippen molar-refractivity contribution in [3.63, 3.8) is 0 Å². The minimum absolute atomic E-state index is 0.0796. The van der Waals surface area contributed by atoms with Gasteiger partial charge in [-0.1, -0.05) is 70.2 Å². The van der Waals surface area contributed by atoms with E-state index in [9.17, 15) is 14.7 Å². The summed E-state index contributed by atoms with van der Waals surface area (Å²) in [5, 5.41) is 11.0. The van der Waals surface area contributed by atoms with Gasteiger partial charge in [-0.25, -0.2) is 0 Å². The van der Waals surface area contributed by atoms with Crippen LogP contribution in [0.15, 0.2) is 65.9 Å². The number of aliphatic hydroxyl groups excluding tert-OH is 1. The normalized spacial score (nSPS) is 15.6. The van der Waals surface area contributed by atoms with Gasteiger partial charge < -0.3 is 24.4 Å². The first-order valence-corrected chi connectivity index (χ1v) is 14.4. The number of hydrogen-bond donors (Lipinski definition) is 1. The Morgan fingerprint density at radius 3 is 2.42 bits per heavy atom. The summed E-state index contributed by atoms with van der Waals surface area (Å²) in [6.07, 6.45) is 4.75. The van der Waals surface area contributed by atoms with Crippen molar-refractivity contribution in [2.24, 2.45) is 5.92 Å². The Morgan fingerprint density at radius 1 is 1.05 bits per heavy atom. The number of benzene rings is 2. The second-order valence-electron chi connectivity index (χ2n) is 10.3. The highest BCUT2D eigenvalue weighted by Crippen LogP contribution is 2.41. The summed E-state index contributed by atoms with van der Waals surface area (Å²) in [5.41, 5.74) is 1.63. The predicted octanol–water partition coefficient (Wildman–Crippen LogP) is 6.22. The molecule has 1 heterocycles. The van der Waals surface area contributed by atoms with Crippen LogP contribution >= 0.6 is 0 Å². The fourth-order valence-corrected chi connectivity index (χ4v) is 4.80. The molecule has 1 aliphatic rings. The Hall–Kier alpha value is -3.58. The van der Waals surface area contributed by atoms with Gasteiger partial charge in [0.1, 0.15) is 0 Å². The molecular weight excluding hydrogens is 504 g/mol. The highest BCUT2D eigenvalue weighted by atomic mass is 16.5. The van der Waals surface area contributed by atoms with Crippen LogP contribution in [0.5, 0.6) is 11.5 Å². The van der Waals surface area contributed by atoms with Crippen molar-refractivity contribution >= 4 is 17.8 Å². The molecule has 0 spiro atoms. The first-order chi connectivity index (χ1) is 19.3. The van der Waals surface area contributed by atoms with Crippen LogP contribution in [-0.2, 0) is 9.59 Å². The third-order valence-electron chi connectivity index (χ3n) is 7.10. The van der Waals surface area contributed by atoms with Crippen molar-refractivity contribution in [2.45, 2.75) is 53.5 Å². The van der Waals surface area contributed by atoms with E-state index in [0.29, 0.717) is 49.2 Å². The zero-order valence-corrected chi connectivity index (χ0v) is 24.6. The molecule has 1 unspecified atom stereocenters. The van der Waals surface area contributed by atoms with Crippen molar-refractivity contribution in [1.29, 1.82) is 0 Å². The molecule has 7 nitrogen and oxygen atoms in total. The van der Waals surface area contributed by atoms with Crippen molar-refractivity contribution < 1.29 is 24.2 Å². The minimum atomic E-state index is -0.735. The lowest BCUT2D eigenvalue weighted by Crippen LogP contribution is -2.34. The van der Waals surface area contributed by atoms with E-state index in [1.165, 1.54) is 6.08 Å². The number of ether oxygens (including phenoxy) is 2. The van der Waals surface area contributed by atoms with Crippen LogP contribution in [0, 0.1) is 5.92 Å². The Kier molecular flexibility index (Phi) is 11.8. The molecule has 0 radical (unpaired) electrons. The van der Waals surface area contributed by atoms with E-state index >= 15 is 0 Å². The van der Waals surface area contributed by atoms with Gasteiger partial charge in [-0.05, 0) is 74.7 Å². The lowest BCUT2D eigenvalue weighted by Gasteiger charge is -2.28. The topological polar surface area (TPSA) is 79.3 Å². The molecule has 2 aromatic rings. The van der Waals surface area contributed by atoms with Crippen LogP contribution in [0.4, 0.5) is 0 Å². The quantitative estimate of drug-likeness (QED) is 0.251. The smallest absolute Gasteiger partial charge is 0.290 e. The van der Waals surface area contributed by atoms with E-state index in [4.69, 9.17) is 9.47 Å². The van der Waals surface area contributed by atoms with Crippen molar-refractivity contribution in [2.75, 3.05) is 39.4 Å². The molecule has 0 fully saturated rings. The van der Waals surface area contributed by atoms with Gasteiger partial charge in [0.2, 0.25) is 0 Å². The zero-order chi connectivity index (χ0) is 29.1. The summed E-state index contributed by atoms with van der Waals surface area (Å²) in [6.45, 7) is 14.5. The Labute approximate surface area is 239 Å². The average Bonchev–Trinajstić information content (AvgIpc) is 3.20. The number of carbonyl (C=O) groups is 2. The maximum absolute atomic E-state index is 13.5. The summed E-state index contributed by atoms with van der Waals surface area (Å²) < 4.78 is 11.9. The molecular formula is C33H44N2O5. The summed E-state index contributed by atoms with van der Waals surface area (Å²) in [7, 11) is 0. The largest absolute Gasteiger partial charge is 0.503 e. The third kappa shape index (κ3) is 7.98. The molecule has 3 rings (SSSR count). The highest BCUT2D eigenvalue weighted by Gasteiger charge is 2.43. The number of amides is 1. The number of rotatable bonds is 16. The number of carbonyl (C=O) groups excluding carboxylic acids is 2. The van der Waals surface area contributed by atoms with E-state index in [0.717, 1.165) is 31.6 Å². The van der Waals surface area contributed by atoms with Crippen LogP contribution in [0.3, 0.4) is 0 Å². The molecule has 7 heteroatoms. The van der Waals surface area contributed by atoms with Gasteiger partial charge in [0.15, 0.2) is 23.0 Å². The first-order valence-electron chi connectivity index (χ1n) is 14.4. The molecule has 1 aliphatic heterocycles. The molecule has 0 saturated carbocycles. The molecule has 0 aliphatic carbocycles. The molecule has 1 atom stereocenters. The van der Waals surface area contributed by atoms with Gasteiger partial charge >= 0.3 is 0 Å². The molecule has 0 saturated heterocycles. The monoisotopic (exact) mass is 548 g/mol. The maximum Gasteiger partial charge on any atom is 0.290 e. The Morgan fingerprint density at radius 2 is 1.77 bits per heavy atom. The summed E-state index contributed by atoms with van der Waals surface area (Å²) >= 11 is 0. The van der Waals surface area contributed by atoms with Crippen LogP contribution in [-0.4, -0.2) is 66.0 Å². The van der Waals surface area contributed by atoms with Gasteiger partial charge in [-0.15, -0.1) is 0 Å². The summed E-state index contributed by atoms with van der Waals surface area (Å²) in [4.78, 5) is 30.8. The predicted molar refractivity (Wildman–Crippen MR) is 160 cm³/mol. The van der Waals surface area contributed by atoms with Gasteiger partial charge in [0.05, 0.1) is 24.8 Å². The fourth-order valence-electron chi connectivity index (χ4n) is 4.80. The average molecular weight is 549 g/mol. The van der Waals surface area contributed by atoms with Gasteiger partial charge in [0, 0.05) is 6.54 Å². The minimum Gasteiger partial charge on any atom is -0.503 e.